The second-order valence-corrected chi connectivity index (χ2v) is 6.70. The van der Waals surface area contributed by atoms with Gasteiger partial charge in [-0.1, -0.05) is 0 Å². The molecule has 0 spiro atoms. The molecule has 0 radical (unpaired) electrons. The van der Waals surface area contributed by atoms with Crippen LogP contribution in [0.3, 0.4) is 0 Å². The van der Waals surface area contributed by atoms with Crippen molar-refractivity contribution in [1.82, 2.24) is 14.6 Å². The Morgan fingerprint density at radius 3 is 2.80 bits per heavy atom. The number of primary amides is 1. The number of rotatable bonds is 5. The molecular formula is C12H18N4O3S. The summed E-state index contributed by atoms with van der Waals surface area (Å²) in [6.07, 6.45) is 3.64. The Kier molecular flexibility index (Phi) is 4.69. The molecule has 8 heteroatoms. The summed E-state index contributed by atoms with van der Waals surface area (Å²) >= 11 is 0. The SMILES string of the molecule is NC(=O)C1CNCCN1S(=O)(=O)CCc1ccncc1. The van der Waals surface area contributed by atoms with Crippen LogP contribution in [0.2, 0.25) is 0 Å². The van der Waals surface area contributed by atoms with Gasteiger partial charge in [0.2, 0.25) is 15.9 Å². The van der Waals surface area contributed by atoms with Crippen LogP contribution in [-0.2, 0) is 21.2 Å². The lowest BCUT2D eigenvalue weighted by Gasteiger charge is -2.33. The van der Waals surface area contributed by atoms with E-state index in [0.717, 1.165) is 5.56 Å². The van der Waals surface area contributed by atoms with E-state index in [1.807, 2.05) is 0 Å². The molecule has 1 fully saturated rings. The molecular weight excluding hydrogens is 280 g/mol. The number of nitrogens with one attached hydrogen (secondary N) is 1. The second kappa shape index (κ2) is 6.29. The first-order chi connectivity index (χ1) is 9.50. The molecule has 0 aromatic carbocycles. The van der Waals surface area contributed by atoms with Gasteiger partial charge in [-0.2, -0.15) is 4.31 Å². The summed E-state index contributed by atoms with van der Waals surface area (Å²) in [7, 11) is -3.50. The molecule has 0 saturated carbocycles. The van der Waals surface area contributed by atoms with E-state index in [4.69, 9.17) is 5.73 Å². The van der Waals surface area contributed by atoms with Crippen molar-refractivity contribution in [3.05, 3.63) is 30.1 Å². The molecule has 1 aliphatic heterocycles. The van der Waals surface area contributed by atoms with E-state index in [1.165, 1.54) is 4.31 Å². The Labute approximate surface area is 118 Å². The molecule has 2 rings (SSSR count). The summed E-state index contributed by atoms with van der Waals surface area (Å²) in [6, 6.07) is 2.75. The van der Waals surface area contributed by atoms with Crippen molar-refractivity contribution in [2.75, 3.05) is 25.4 Å². The summed E-state index contributed by atoms with van der Waals surface area (Å²) in [5.41, 5.74) is 6.17. The first kappa shape index (κ1) is 14.9. The van der Waals surface area contributed by atoms with Crippen molar-refractivity contribution in [3.8, 4) is 0 Å². The molecule has 0 bridgehead atoms. The van der Waals surface area contributed by atoms with Crippen LogP contribution in [0.5, 0.6) is 0 Å². The van der Waals surface area contributed by atoms with Crippen LogP contribution in [0.15, 0.2) is 24.5 Å². The van der Waals surface area contributed by atoms with Gasteiger partial charge in [0.1, 0.15) is 6.04 Å². The summed E-state index contributed by atoms with van der Waals surface area (Å²) < 4.78 is 25.9. The van der Waals surface area contributed by atoms with Crippen LogP contribution in [0.1, 0.15) is 5.56 Å². The van der Waals surface area contributed by atoms with Gasteiger partial charge in [0.15, 0.2) is 0 Å². The van der Waals surface area contributed by atoms with Gasteiger partial charge in [-0.05, 0) is 24.1 Å². The van der Waals surface area contributed by atoms with E-state index in [-0.39, 0.29) is 18.8 Å². The summed E-state index contributed by atoms with van der Waals surface area (Å²) in [5.74, 6) is -0.662. The number of aromatic nitrogens is 1. The fourth-order valence-electron chi connectivity index (χ4n) is 2.17. The molecule has 1 aromatic rings. The maximum absolute atomic E-state index is 12.3. The highest BCUT2D eigenvalue weighted by Crippen LogP contribution is 2.12. The standard InChI is InChI=1S/C12H18N4O3S/c13-12(17)11-9-15-6-7-16(11)20(18,19)8-3-10-1-4-14-5-2-10/h1-2,4-5,11,15H,3,6-9H2,(H2,13,17). The average molecular weight is 298 g/mol. The van der Waals surface area contributed by atoms with Crippen molar-refractivity contribution in [2.45, 2.75) is 12.5 Å². The summed E-state index contributed by atoms with van der Waals surface area (Å²) in [5, 5.41) is 2.98. The highest BCUT2D eigenvalue weighted by molar-refractivity contribution is 7.89. The molecule has 1 aliphatic rings. The van der Waals surface area contributed by atoms with Gasteiger partial charge in [0.25, 0.3) is 0 Å². The van der Waals surface area contributed by atoms with Gasteiger partial charge in [-0.25, -0.2) is 8.42 Å². The highest BCUT2D eigenvalue weighted by Gasteiger charge is 2.35. The molecule has 0 aliphatic carbocycles. The molecule has 110 valence electrons. The quantitative estimate of drug-likeness (QED) is 0.704. The summed E-state index contributed by atoms with van der Waals surface area (Å²) in [6.45, 7) is 1.06. The lowest BCUT2D eigenvalue weighted by atomic mass is 10.2. The number of aryl methyl sites for hydroxylation is 1. The van der Waals surface area contributed by atoms with E-state index < -0.39 is 22.0 Å². The maximum Gasteiger partial charge on any atom is 0.237 e. The minimum Gasteiger partial charge on any atom is -0.368 e. The molecule has 1 aromatic heterocycles. The van der Waals surface area contributed by atoms with Crippen molar-refractivity contribution >= 4 is 15.9 Å². The van der Waals surface area contributed by atoms with Gasteiger partial charge < -0.3 is 11.1 Å². The number of carbonyl (C=O) groups is 1. The zero-order valence-electron chi connectivity index (χ0n) is 11.0. The largest absolute Gasteiger partial charge is 0.368 e. The lowest BCUT2D eigenvalue weighted by Crippen LogP contribution is -2.59. The predicted octanol–water partition coefficient (Wildman–Crippen LogP) is -1.29. The zero-order valence-corrected chi connectivity index (χ0v) is 11.8. The van der Waals surface area contributed by atoms with Gasteiger partial charge in [-0.15, -0.1) is 0 Å². The predicted molar refractivity (Wildman–Crippen MR) is 74.3 cm³/mol. The minimum atomic E-state index is -3.50. The number of nitrogens with two attached hydrogens (primary N) is 1. The number of amides is 1. The fourth-order valence-corrected chi connectivity index (χ4v) is 3.84. The Morgan fingerprint density at radius 1 is 1.45 bits per heavy atom. The van der Waals surface area contributed by atoms with E-state index in [0.29, 0.717) is 13.0 Å². The number of piperazine rings is 1. The summed E-state index contributed by atoms with van der Waals surface area (Å²) in [4.78, 5) is 15.2. The third-order valence-corrected chi connectivity index (χ3v) is 5.15. The van der Waals surface area contributed by atoms with Gasteiger partial charge in [0, 0.05) is 32.0 Å². The Balaban J connectivity index is 2.06. The van der Waals surface area contributed by atoms with Gasteiger partial charge in [-0.3, -0.25) is 9.78 Å². The van der Waals surface area contributed by atoms with Crippen molar-refractivity contribution in [1.29, 1.82) is 0 Å². The third kappa shape index (κ3) is 3.53. The maximum atomic E-state index is 12.3. The van der Waals surface area contributed by atoms with Gasteiger partial charge >= 0.3 is 0 Å². The topological polar surface area (TPSA) is 105 Å². The number of sulfonamides is 1. The van der Waals surface area contributed by atoms with Crippen LogP contribution in [-0.4, -0.2) is 55.0 Å². The van der Waals surface area contributed by atoms with Crippen molar-refractivity contribution in [3.63, 3.8) is 0 Å². The molecule has 7 nitrogen and oxygen atoms in total. The number of hydrogen-bond donors (Lipinski definition) is 2. The molecule has 1 unspecified atom stereocenters. The van der Waals surface area contributed by atoms with E-state index in [9.17, 15) is 13.2 Å². The van der Waals surface area contributed by atoms with Crippen LogP contribution in [0.25, 0.3) is 0 Å². The Morgan fingerprint density at radius 2 is 2.15 bits per heavy atom. The van der Waals surface area contributed by atoms with Crippen LogP contribution >= 0.6 is 0 Å². The number of nitrogens with zero attached hydrogens (tertiary/aromatic N) is 2. The monoisotopic (exact) mass is 298 g/mol. The van der Waals surface area contributed by atoms with E-state index >= 15 is 0 Å². The molecule has 2 heterocycles. The van der Waals surface area contributed by atoms with E-state index in [1.54, 1.807) is 24.5 Å². The van der Waals surface area contributed by atoms with Crippen LogP contribution < -0.4 is 11.1 Å². The van der Waals surface area contributed by atoms with E-state index in [2.05, 4.69) is 10.3 Å². The normalized spacial score (nSPS) is 20.7. The second-order valence-electron chi connectivity index (χ2n) is 4.65. The number of pyridine rings is 1. The highest BCUT2D eigenvalue weighted by atomic mass is 32.2. The molecule has 20 heavy (non-hydrogen) atoms. The lowest BCUT2D eigenvalue weighted by molar-refractivity contribution is -0.122. The average Bonchev–Trinajstić information content (AvgIpc) is 2.46. The zero-order chi connectivity index (χ0) is 14.6. The first-order valence-electron chi connectivity index (χ1n) is 6.39. The van der Waals surface area contributed by atoms with Crippen LogP contribution in [0, 0.1) is 0 Å². The smallest absolute Gasteiger partial charge is 0.237 e. The molecule has 1 saturated heterocycles. The molecule has 1 atom stereocenters. The van der Waals surface area contributed by atoms with Crippen molar-refractivity contribution in [2.24, 2.45) is 5.73 Å². The first-order valence-corrected chi connectivity index (χ1v) is 8.00. The number of carbonyl (C=O) groups excluding carboxylic acids is 1. The Bertz CT molecular complexity index is 561. The fraction of sp³-hybridized carbons (Fsp3) is 0.500. The van der Waals surface area contributed by atoms with Crippen molar-refractivity contribution < 1.29 is 13.2 Å². The third-order valence-electron chi connectivity index (χ3n) is 3.28. The van der Waals surface area contributed by atoms with Gasteiger partial charge in [0.05, 0.1) is 5.75 Å². The number of hydrogen-bond acceptors (Lipinski definition) is 5. The molecule has 1 amide bonds. The van der Waals surface area contributed by atoms with Crippen LogP contribution in [0.4, 0.5) is 0 Å². The minimum absolute atomic E-state index is 0.0409. The molecule has 3 N–H and O–H groups in total. The Hall–Kier alpha value is -1.51.